The second-order valence-electron chi connectivity index (χ2n) is 5.92. The fourth-order valence-electron chi connectivity index (χ4n) is 1.82. The van der Waals surface area contributed by atoms with Crippen LogP contribution in [0.2, 0.25) is 0 Å². The summed E-state index contributed by atoms with van der Waals surface area (Å²) in [4.78, 5) is 22.9. The summed E-state index contributed by atoms with van der Waals surface area (Å²) < 4.78 is 10.9. The van der Waals surface area contributed by atoms with Gasteiger partial charge in [-0.2, -0.15) is 0 Å². The molecule has 120 valence electrons. The first-order chi connectivity index (χ1) is 10.3. The van der Waals surface area contributed by atoms with Gasteiger partial charge in [-0.15, -0.1) is 5.73 Å². The summed E-state index contributed by atoms with van der Waals surface area (Å²) in [5.41, 5.74) is 1.36. The maximum absolute atomic E-state index is 11.6. The number of carbonyl (C=O) groups is 2. The quantitative estimate of drug-likeness (QED) is 0.766. The van der Waals surface area contributed by atoms with Gasteiger partial charge in [-0.25, -0.2) is 4.79 Å². The van der Waals surface area contributed by atoms with E-state index in [1.165, 1.54) is 12.2 Å². The van der Waals surface area contributed by atoms with E-state index in [4.69, 9.17) is 9.47 Å². The number of allylic oxidation sites excluding steroid dienone is 2. The highest BCUT2D eigenvalue weighted by molar-refractivity contribution is 6.00. The zero-order valence-electron chi connectivity index (χ0n) is 13.3. The van der Waals surface area contributed by atoms with E-state index in [0.717, 1.165) is 0 Å². The molecule has 0 saturated carbocycles. The van der Waals surface area contributed by atoms with Crippen LogP contribution in [0.1, 0.15) is 27.2 Å². The van der Waals surface area contributed by atoms with Crippen molar-refractivity contribution < 1.29 is 19.1 Å². The number of carbonyl (C=O) groups excluding carboxylic acids is 2. The van der Waals surface area contributed by atoms with Crippen LogP contribution in [0, 0.1) is 0 Å². The van der Waals surface area contributed by atoms with Crippen molar-refractivity contribution in [1.29, 1.82) is 0 Å². The van der Waals surface area contributed by atoms with Gasteiger partial charge in [0.2, 0.25) is 0 Å². The van der Waals surface area contributed by atoms with Gasteiger partial charge in [-0.1, -0.05) is 6.58 Å². The summed E-state index contributed by atoms with van der Waals surface area (Å²) in [5, 5.41) is 2.68. The second-order valence-corrected chi connectivity index (χ2v) is 5.92. The fourth-order valence-corrected chi connectivity index (χ4v) is 1.82. The Morgan fingerprint density at radius 3 is 2.59 bits per heavy atom. The van der Waals surface area contributed by atoms with Crippen LogP contribution in [0.5, 0.6) is 0 Å². The lowest BCUT2D eigenvalue weighted by molar-refractivity contribution is -0.110. The van der Waals surface area contributed by atoms with Gasteiger partial charge in [0.25, 0.3) is 0 Å². The number of ketones is 1. The van der Waals surface area contributed by atoms with Gasteiger partial charge in [0.1, 0.15) is 11.2 Å². The maximum Gasteiger partial charge on any atom is 0.407 e. The third kappa shape index (κ3) is 6.57. The van der Waals surface area contributed by atoms with Crippen LogP contribution in [-0.2, 0) is 14.3 Å². The predicted molar refractivity (Wildman–Crippen MR) is 84.5 cm³/mol. The van der Waals surface area contributed by atoms with E-state index >= 15 is 0 Å². The highest BCUT2D eigenvalue weighted by Crippen LogP contribution is 2.23. The molecule has 0 heterocycles. The van der Waals surface area contributed by atoms with Crippen LogP contribution in [0.25, 0.3) is 0 Å². The molecule has 1 rings (SSSR count). The van der Waals surface area contributed by atoms with Gasteiger partial charge in [-0.3, -0.25) is 4.79 Å². The molecule has 0 spiro atoms. The van der Waals surface area contributed by atoms with Crippen molar-refractivity contribution in [1.82, 2.24) is 5.32 Å². The molecule has 1 aliphatic carbocycles. The van der Waals surface area contributed by atoms with E-state index in [1.807, 2.05) is 0 Å². The number of hydrogen-bond donors (Lipinski definition) is 1. The third-order valence-electron chi connectivity index (χ3n) is 2.82. The van der Waals surface area contributed by atoms with Gasteiger partial charge in [0.15, 0.2) is 5.78 Å². The summed E-state index contributed by atoms with van der Waals surface area (Å²) in [7, 11) is 0. The van der Waals surface area contributed by atoms with Crippen LogP contribution >= 0.6 is 0 Å². The van der Waals surface area contributed by atoms with E-state index < -0.39 is 17.3 Å². The summed E-state index contributed by atoms with van der Waals surface area (Å²) in [6.45, 7) is 9.56. The van der Waals surface area contributed by atoms with E-state index in [0.29, 0.717) is 19.6 Å². The Morgan fingerprint density at radius 2 is 2.05 bits per heavy atom. The largest absolute Gasteiger partial charge is 0.444 e. The van der Waals surface area contributed by atoms with Crippen molar-refractivity contribution in [2.75, 3.05) is 13.2 Å². The molecule has 0 fully saturated rings. The number of ether oxygens (including phenoxy) is 2. The third-order valence-corrected chi connectivity index (χ3v) is 2.82. The van der Waals surface area contributed by atoms with Crippen molar-refractivity contribution in [2.24, 2.45) is 0 Å². The molecular weight excluding hydrogens is 282 g/mol. The molecule has 0 radical (unpaired) electrons. The molecule has 0 unspecified atom stereocenters. The number of hydrogen-bond acceptors (Lipinski definition) is 4. The van der Waals surface area contributed by atoms with Crippen LogP contribution in [-0.4, -0.2) is 36.2 Å². The molecule has 0 aromatic carbocycles. The van der Waals surface area contributed by atoms with Crippen molar-refractivity contribution >= 4 is 11.9 Å². The molecule has 0 saturated heterocycles. The first-order valence-electron chi connectivity index (χ1n) is 7.14. The maximum atomic E-state index is 11.6. The second kappa shape index (κ2) is 7.78. The zero-order valence-corrected chi connectivity index (χ0v) is 13.3. The Balaban J connectivity index is 2.57. The van der Waals surface area contributed by atoms with Crippen LogP contribution in [0.4, 0.5) is 4.79 Å². The van der Waals surface area contributed by atoms with Gasteiger partial charge >= 0.3 is 6.09 Å². The Kier molecular flexibility index (Phi) is 6.35. The Hall–Kier alpha value is -2.10. The number of rotatable bonds is 6. The normalized spacial score (nSPS) is 16.0. The molecular formula is C17H23NO4. The fraction of sp³-hybridized carbons (Fsp3) is 0.471. The minimum atomic E-state index is -0.726. The Bertz CT molecular complexity index is 503. The summed E-state index contributed by atoms with van der Waals surface area (Å²) in [5.74, 6) is -0.0846. The smallest absolute Gasteiger partial charge is 0.407 e. The molecule has 5 heteroatoms. The van der Waals surface area contributed by atoms with Gasteiger partial charge in [0, 0.05) is 13.0 Å². The summed E-state index contributed by atoms with van der Waals surface area (Å²) in [6, 6.07) is 0. The molecule has 1 N–H and O–H groups in total. The first-order valence-corrected chi connectivity index (χ1v) is 7.14. The van der Waals surface area contributed by atoms with Crippen LogP contribution in [0.15, 0.2) is 42.7 Å². The van der Waals surface area contributed by atoms with Crippen LogP contribution < -0.4 is 5.32 Å². The molecule has 5 nitrogen and oxygen atoms in total. The molecule has 0 bridgehead atoms. The standard InChI is InChI=1S/C17H23NO4/c1-5-6-13-21-17(9-7-14(19)8-10-17)11-12-18-15(20)22-16(2,3)4/h6-10H,1,11-13H2,2-4H3,(H,18,20). The molecule has 1 aliphatic rings. The van der Waals surface area contributed by atoms with E-state index in [2.05, 4.69) is 17.6 Å². The van der Waals surface area contributed by atoms with Crippen molar-refractivity contribution in [3.05, 3.63) is 42.7 Å². The Morgan fingerprint density at radius 1 is 1.41 bits per heavy atom. The van der Waals surface area contributed by atoms with Gasteiger partial charge in [-0.05, 0) is 51.2 Å². The monoisotopic (exact) mass is 305 g/mol. The summed E-state index contributed by atoms with van der Waals surface area (Å²) >= 11 is 0. The van der Waals surface area contributed by atoms with E-state index in [9.17, 15) is 9.59 Å². The average Bonchev–Trinajstić information content (AvgIpc) is 2.40. The molecule has 1 amide bonds. The predicted octanol–water partition coefficient (Wildman–Crippen LogP) is 2.69. The molecule has 0 aliphatic heterocycles. The van der Waals surface area contributed by atoms with Gasteiger partial charge in [0.05, 0.1) is 6.61 Å². The number of nitrogens with one attached hydrogen (secondary N) is 1. The number of amides is 1. The topological polar surface area (TPSA) is 64.6 Å². The summed E-state index contributed by atoms with van der Waals surface area (Å²) in [6.07, 6.45) is 7.98. The molecule has 0 atom stereocenters. The lowest BCUT2D eigenvalue weighted by Crippen LogP contribution is -2.38. The highest BCUT2D eigenvalue weighted by atomic mass is 16.6. The van der Waals surface area contributed by atoms with Gasteiger partial charge < -0.3 is 14.8 Å². The lowest BCUT2D eigenvalue weighted by atomic mass is 9.93. The SMILES string of the molecule is C=C=CCOC1(CCNC(=O)OC(C)(C)C)C=CC(=O)C=C1. The van der Waals surface area contributed by atoms with Crippen molar-refractivity contribution in [3.8, 4) is 0 Å². The lowest BCUT2D eigenvalue weighted by Gasteiger charge is -2.29. The minimum absolute atomic E-state index is 0.0846. The van der Waals surface area contributed by atoms with E-state index in [1.54, 1.807) is 39.0 Å². The van der Waals surface area contributed by atoms with E-state index in [-0.39, 0.29) is 5.78 Å². The molecule has 22 heavy (non-hydrogen) atoms. The minimum Gasteiger partial charge on any atom is -0.444 e. The Labute approximate surface area is 131 Å². The van der Waals surface area contributed by atoms with Crippen molar-refractivity contribution in [2.45, 2.75) is 38.4 Å². The zero-order chi connectivity index (χ0) is 16.6. The first kappa shape index (κ1) is 18.0. The highest BCUT2D eigenvalue weighted by Gasteiger charge is 2.27. The van der Waals surface area contributed by atoms with Crippen LogP contribution in [0.3, 0.4) is 0 Å². The molecule has 0 aromatic rings. The average molecular weight is 305 g/mol. The van der Waals surface area contributed by atoms with Crippen molar-refractivity contribution in [3.63, 3.8) is 0 Å². The number of alkyl carbamates (subject to hydrolysis) is 1. The molecule has 0 aromatic heterocycles.